The number of rotatable bonds is 1. The van der Waals surface area contributed by atoms with Crippen LogP contribution in [0.3, 0.4) is 0 Å². The molecule has 3 aliphatic rings. The third-order valence-electron chi connectivity index (χ3n) is 5.30. The van der Waals surface area contributed by atoms with Crippen LogP contribution in [0.4, 0.5) is 0 Å². The molecule has 2 heterocycles. The summed E-state index contributed by atoms with van der Waals surface area (Å²) in [6.45, 7) is 0. The summed E-state index contributed by atoms with van der Waals surface area (Å²) in [5.41, 5.74) is 3.41. The third kappa shape index (κ3) is 1.92. The Morgan fingerprint density at radius 1 is 0.923 bits per heavy atom. The Morgan fingerprint density at radius 2 is 1.69 bits per heavy atom. The van der Waals surface area contributed by atoms with Gasteiger partial charge < -0.3 is 5.32 Å². The topological polar surface area (TPSA) is 91.9 Å². The first kappa shape index (κ1) is 15.0. The number of dihydropyridines is 1. The van der Waals surface area contributed by atoms with E-state index < -0.39 is 5.92 Å². The van der Waals surface area contributed by atoms with Crippen LogP contribution in [0.1, 0.15) is 51.6 Å². The van der Waals surface area contributed by atoms with E-state index >= 15 is 0 Å². The van der Waals surface area contributed by atoms with Crippen LogP contribution in [0, 0.1) is 0 Å². The van der Waals surface area contributed by atoms with Gasteiger partial charge in [-0.15, -0.1) is 0 Å². The van der Waals surface area contributed by atoms with Crippen molar-refractivity contribution in [2.24, 2.45) is 0 Å². The first-order valence-corrected chi connectivity index (χ1v) is 8.62. The summed E-state index contributed by atoms with van der Waals surface area (Å²) in [5.74, 6) is -0.984. The molecular weight excluding hydrogens is 330 g/mol. The molecule has 0 spiro atoms. The monoisotopic (exact) mass is 345 g/mol. The van der Waals surface area contributed by atoms with E-state index in [1.165, 1.54) is 0 Å². The molecule has 2 N–H and O–H groups in total. The second kappa shape index (κ2) is 5.36. The molecule has 128 valence electrons. The van der Waals surface area contributed by atoms with Crippen molar-refractivity contribution in [3.63, 3.8) is 0 Å². The molecule has 26 heavy (non-hydrogen) atoms. The fourth-order valence-electron chi connectivity index (χ4n) is 4.16. The van der Waals surface area contributed by atoms with Gasteiger partial charge in [0.25, 0.3) is 0 Å². The predicted molar refractivity (Wildman–Crippen MR) is 92.5 cm³/mol. The summed E-state index contributed by atoms with van der Waals surface area (Å²) < 4.78 is 0. The number of aromatic amines is 1. The van der Waals surface area contributed by atoms with E-state index in [0.717, 1.165) is 12.1 Å². The number of H-pyrrole nitrogens is 1. The Morgan fingerprint density at radius 3 is 2.42 bits per heavy atom. The van der Waals surface area contributed by atoms with Crippen LogP contribution in [0.2, 0.25) is 0 Å². The molecule has 0 amide bonds. The molecular formula is C20H15N3O3. The summed E-state index contributed by atoms with van der Waals surface area (Å²) >= 11 is 0. The fourth-order valence-corrected chi connectivity index (χ4v) is 4.16. The first-order valence-electron chi connectivity index (χ1n) is 8.62. The Bertz CT molecular complexity index is 1040. The van der Waals surface area contributed by atoms with E-state index in [0.29, 0.717) is 46.5 Å². The number of nitrogens with one attached hydrogen (secondary N) is 2. The second-order valence-electron chi connectivity index (χ2n) is 6.73. The molecule has 1 aromatic heterocycles. The highest BCUT2D eigenvalue weighted by molar-refractivity contribution is 6.28. The molecule has 5 rings (SSSR count). The Labute approximate surface area is 149 Å². The first-order chi connectivity index (χ1) is 12.7. The Kier molecular flexibility index (Phi) is 3.09. The van der Waals surface area contributed by atoms with Crippen molar-refractivity contribution in [3.8, 4) is 0 Å². The molecule has 1 aliphatic heterocycles. The van der Waals surface area contributed by atoms with Crippen LogP contribution in [0.15, 0.2) is 59.1 Å². The number of fused-ring (bicyclic) bond motifs is 1. The molecule has 0 radical (unpaired) electrons. The van der Waals surface area contributed by atoms with Gasteiger partial charge in [-0.2, -0.15) is 5.10 Å². The smallest absolute Gasteiger partial charge is 0.210 e. The molecule has 6 nitrogen and oxygen atoms in total. The standard InChI is InChI=1S/C20H15N3O3/c24-14-7-3-6-12-15(14)16(13-8-9-21-23-13)17-18(22-12)20(26)11-5-2-1-4-10(11)19(17)25/h1-2,4-5,8-9,16,22H,3,6-7H2,(H,21,23). The zero-order chi connectivity index (χ0) is 17.8. The van der Waals surface area contributed by atoms with Gasteiger partial charge in [0.1, 0.15) is 0 Å². The third-order valence-corrected chi connectivity index (χ3v) is 5.30. The van der Waals surface area contributed by atoms with E-state index in [1.807, 2.05) is 0 Å². The lowest BCUT2D eigenvalue weighted by Gasteiger charge is -2.36. The van der Waals surface area contributed by atoms with E-state index in [-0.39, 0.29) is 17.3 Å². The van der Waals surface area contributed by atoms with Gasteiger partial charge in [-0.3, -0.25) is 19.5 Å². The van der Waals surface area contributed by atoms with Crippen LogP contribution in [0.25, 0.3) is 0 Å². The number of aromatic nitrogens is 2. The highest BCUT2D eigenvalue weighted by atomic mass is 16.1. The minimum absolute atomic E-state index is 0.0176. The van der Waals surface area contributed by atoms with Crippen LogP contribution in [0.5, 0.6) is 0 Å². The average molecular weight is 345 g/mol. The van der Waals surface area contributed by atoms with Gasteiger partial charge in [0.2, 0.25) is 5.78 Å². The van der Waals surface area contributed by atoms with Gasteiger partial charge in [-0.1, -0.05) is 24.3 Å². The summed E-state index contributed by atoms with van der Waals surface area (Å²) in [7, 11) is 0. The summed E-state index contributed by atoms with van der Waals surface area (Å²) in [5, 5.41) is 10.0. The fraction of sp³-hybridized carbons (Fsp3) is 0.200. The molecule has 2 aromatic rings. The predicted octanol–water partition coefficient (Wildman–Crippen LogP) is 2.44. The van der Waals surface area contributed by atoms with Crippen molar-refractivity contribution >= 4 is 17.3 Å². The van der Waals surface area contributed by atoms with Crippen molar-refractivity contribution in [1.29, 1.82) is 0 Å². The zero-order valence-corrected chi connectivity index (χ0v) is 13.8. The summed E-state index contributed by atoms with van der Waals surface area (Å²) in [4.78, 5) is 39.0. The minimum atomic E-state index is -0.582. The van der Waals surface area contributed by atoms with Gasteiger partial charge in [0, 0.05) is 46.3 Å². The largest absolute Gasteiger partial charge is 0.355 e. The average Bonchev–Trinajstić information content (AvgIpc) is 3.19. The van der Waals surface area contributed by atoms with Crippen molar-refractivity contribution in [1.82, 2.24) is 15.5 Å². The van der Waals surface area contributed by atoms with Crippen molar-refractivity contribution < 1.29 is 14.4 Å². The number of Topliss-reactive ketones (excluding diaryl/α,β-unsaturated/α-hetero) is 3. The lowest BCUT2D eigenvalue weighted by Crippen LogP contribution is -2.40. The maximum Gasteiger partial charge on any atom is 0.210 e. The minimum Gasteiger partial charge on any atom is -0.355 e. The summed E-state index contributed by atoms with van der Waals surface area (Å²) in [6.07, 6.45) is 3.47. The number of allylic oxidation sites excluding steroid dienone is 4. The molecule has 1 aromatic carbocycles. The molecule has 0 saturated carbocycles. The molecule has 6 heteroatoms. The number of nitrogens with zero attached hydrogens (tertiary/aromatic N) is 1. The maximum atomic E-state index is 13.3. The molecule has 1 unspecified atom stereocenters. The zero-order valence-electron chi connectivity index (χ0n) is 13.8. The Hall–Kier alpha value is -3.28. The van der Waals surface area contributed by atoms with Gasteiger partial charge in [0.05, 0.1) is 11.6 Å². The highest BCUT2D eigenvalue weighted by Crippen LogP contribution is 2.44. The van der Waals surface area contributed by atoms with Gasteiger partial charge in [-0.25, -0.2) is 0 Å². The maximum absolute atomic E-state index is 13.3. The number of hydrogen-bond acceptors (Lipinski definition) is 5. The van der Waals surface area contributed by atoms with E-state index in [9.17, 15) is 14.4 Å². The van der Waals surface area contributed by atoms with Gasteiger partial charge in [-0.05, 0) is 18.9 Å². The molecule has 0 fully saturated rings. The van der Waals surface area contributed by atoms with E-state index in [2.05, 4.69) is 15.5 Å². The molecule has 2 aliphatic carbocycles. The number of hydrogen-bond donors (Lipinski definition) is 2. The number of benzene rings is 1. The second-order valence-corrected chi connectivity index (χ2v) is 6.73. The molecule has 0 saturated heterocycles. The lowest BCUT2D eigenvalue weighted by atomic mass is 9.71. The number of carbonyl (C=O) groups excluding carboxylic acids is 3. The number of carbonyl (C=O) groups is 3. The van der Waals surface area contributed by atoms with Gasteiger partial charge >= 0.3 is 0 Å². The van der Waals surface area contributed by atoms with Crippen molar-refractivity contribution in [2.45, 2.75) is 25.2 Å². The van der Waals surface area contributed by atoms with E-state index in [1.54, 1.807) is 36.5 Å². The van der Waals surface area contributed by atoms with E-state index in [4.69, 9.17) is 0 Å². The summed E-state index contributed by atoms with van der Waals surface area (Å²) in [6, 6.07) is 8.58. The van der Waals surface area contributed by atoms with Crippen LogP contribution < -0.4 is 5.32 Å². The van der Waals surface area contributed by atoms with Crippen molar-refractivity contribution in [2.75, 3.05) is 0 Å². The molecule has 0 bridgehead atoms. The number of ketones is 3. The van der Waals surface area contributed by atoms with Crippen molar-refractivity contribution in [3.05, 3.63) is 75.9 Å². The normalized spacial score (nSPS) is 22.0. The quantitative estimate of drug-likeness (QED) is 0.828. The van der Waals surface area contributed by atoms with Crippen LogP contribution in [-0.4, -0.2) is 27.5 Å². The lowest BCUT2D eigenvalue weighted by molar-refractivity contribution is -0.116. The Balaban J connectivity index is 1.77. The SMILES string of the molecule is O=C1CCCC2=C1C(c1ccn[nH]1)C1=C(N2)C(=O)c2ccccc2C1=O. The van der Waals surface area contributed by atoms with Crippen LogP contribution >= 0.6 is 0 Å². The van der Waals surface area contributed by atoms with Crippen LogP contribution in [-0.2, 0) is 4.79 Å². The molecule has 1 atom stereocenters. The highest BCUT2D eigenvalue weighted by Gasteiger charge is 2.44. The van der Waals surface area contributed by atoms with Gasteiger partial charge in [0.15, 0.2) is 11.6 Å².